The third-order valence-electron chi connectivity index (χ3n) is 3.73. The molecule has 1 aliphatic rings. The molecule has 0 saturated heterocycles. The van der Waals surface area contributed by atoms with Crippen LogP contribution >= 0.6 is 34.2 Å². The van der Waals surface area contributed by atoms with Crippen LogP contribution in [-0.4, -0.2) is 28.2 Å². The Morgan fingerprint density at radius 3 is 2.79 bits per heavy atom. The molecule has 2 aromatic rings. The van der Waals surface area contributed by atoms with Gasteiger partial charge in [-0.25, -0.2) is 4.39 Å². The molecule has 1 atom stereocenters. The average Bonchev–Trinajstić information content (AvgIpc) is 2.89. The molecule has 1 unspecified atom stereocenters. The van der Waals surface area contributed by atoms with Gasteiger partial charge in [0.25, 0.3) is 0 Å². The predicted molar refractivity (Wildman–Crippen MR) is 103 cm³/mol. The van der Waals surface area contributed by atoms with Crippen LogP contribution in [0.15, 0.2) is 47.6 Å². The topological polar surface area (TPSA) is 44.7 Å². The molecule has 1 N–H and O–H groups in total. The Kier molecular flexibility index (Phi) is 5.05. The number of benzene rings is 2. The summed E-state index contributed by atoms with van der Waals surface area (Å²) in [6.45, 7) is 0.543. The minimum absolute atomic E-state index is 0.0695. The second kappa shape index (κ2) is 7.06. The first-order valence-corrected chi connectivity index (χ1v) is 8.72. The highest BCUT2D eigenvalue weighted by molar-refractivity contribution is 14.1. The Hall–Kier alpha value is -1.67. The summed E-state index contributed by atoms with van der Waals surface area (Å²) in [7, 11) is 1.83. The van der Waals surface area contributed by atoms with Gasteiger partial charge in [-0.05, 0) is 46.4 Å². The van der Waals surface area contributed by atoms with Crippen molar-refractivity contribution in [3.8, 4) is 11.1 Å². The lowest BCUT2D eigenvalue weighted by Gasteiger charge is -2.15. The van der Waals surface area contributed by atoms with Crippen LogP contribution in [0.5, 0.6) is 0 Å². The van der Waals surface area contributed by atoms with Crippen LogP contribution in [0.3, 0.4) is 0 Å². The van der Waals surface area contributed by atoms with E-state index in [1.165, 1.54) is 12.1 Å². The summed E-state index contributed by atoms with van der Waals surface area (Å²) >= 11 is 7.82. The number of amides is 1. The van der Waals surface area contributed by atoms with Crippen LogP contribution in [0, 0.1) is 11.7 Å². The smallest absolute Gasteiger partial charge is 0.235 e. The molecule has 7 heteroatoms. The minimum Gasteiger partial charge on any atom is -0.325 e. The maximum absolute atomic E-state index is 13.8. The van der Waals surface area contributed by atoms with Gasteiger partial charge in [0.1, 0.15) is 15.5 Å². The van der Waals surface area contributed by atoms with E-state index in [4.69, 9.17) is 11.6 Å². The van der Waals surface area contributed by atoms with Crippen molar-refractivity contribution in [3.63, 3.8) is 0 Å². The molecule has 0 spiro atoms. The fraction of sp³-hybridized carbons (Fsp3) is 0.176. The van der Waals surface area contributed by atoms with E-state index in [2.05, 4.69) is 33.0 Å². The highest BCUT2D eigenvalue weighted by Crippen LogP contribution is 2.31. The molecule has 2 aromatic carbocycles. The zero-order valence-corrected chi connectivity index (χ0v) is 15.7. The molecule has 4 nitrogen and oxygen atoms in total. The molecule has 3 rings (SSSR count). The van der Waals surface area contributed by atoms with Gasteiger partial charge in [-0.3, -0.25) is 9.80 Å². The number of para-hydroxylation sites is 1. The van der Waals surface area contributed by atoms with Gasteiger partial charge in [0, 0.05) is 18.3 Å². The number of hydrogen-bond acceptors (Lipinski definition) is 3. The van der Waals surface area contributed by atoms with Gasteiger partial charge in [0.2, 0.25) is 5.91 Å². The van der Waals surface area contributed by atoms with E-state index in [0.717, 1.165) is 9.28 Å². The molecule has 124 valence electrons. The summed E-state index contributed by atoms with van der Waals surface area (Å²) in [6, 6.07) is 11.9. The number of anilines is 1. The van der Waals surface area contributed by atoms with Gasteiger partial charge >= 0.3 is 0 Å². The molecule has 0 aromatic heterocycles. The maximum Gasteiger partial charge on any atom is 0.235 e. The first-order valence-electron chi connectivity index (χ1n) is 7.26. The number of halogens is 3. The number of hydrogen-bond donors (Lipinski definition) is 1. The highest BCUT2D eigenvalue weighted by atomic mass is 127. The van der Waals surface area contributed by atoms with Crippen LogP contribution < -0.4 is 5.32 Å². The number of carbonyl (C=O) groups is 1. The van der Waals surface area contributed by atoms with Gasteiger partial charge in [0.05, 0.1) is 11.6 Å². The molecule has 1 amide bonds. The lowest BCUT2D eigenvalue weighted by Crippen LogP contribution is -2.29. The highest BCUT2D eigenvalue weighted by Gasteiger charge is 2.30. The van der Waals surface area contributed by atoms with Crippen molar-refractivity contribution in [2.75, 3.05) is 18.9 Å². The molecule has 24 heavy (non-hydrogen) atoms. The zero-order valence-electron chi connectivity index (χ0n) is 12.8. The van der Waals surface area contributed by atoms with Crippen LogP contribution in [0.2, 0.25) is 5.02 Å². The number of nitrogens with zero attached hydrogens (tertiary/aromatic N) is 2. The predicted octanol–water partition coefficient (Wildman–Crippen LogP) is 4.39. The molecular weight excluding hydrogens is 444 g/mol. The fourth-order valence-electron chi connectivity index (χ4n) is 2.53. The molecule has 0 fully saturated rings. The van der Waals surface area contributed by atoms with E-state index < -0.39 is 5.82 Å². The van der Waals surface area contributed by atoms with Crippen LogP contribution in [-0.2, 0) is 4.79 Å². The van der Waals surface area contributed by atoms with E-state index >= 15 is 0 Å². The largest absolute Gasteiger partial charge is 0.325 e. The number of rotatable bonds is 3. The van der Waals surface area contributed by atoms with Gasteiger partial charge in [0.15, 0.2) is 0 Å². The third kappa shape index (κ3) is 3.54. The van der Waals surface area contributed by atoms with Crippen molar-refractivity contribution < 1.29 is 9.18 Å². The summed E-state index contributed by atoms with van der Waals surface area (Å²) in [5.41, 5.74) is 2.02. The first-order chi connectivity index (χ1) is 11.5. The second-order valence-corrected chi connectivity index (χ2v) is 6.99. The van der Waals surface area contributed by atoms with Gasteiger partial charge in [-0.2, -0.15) is 5.10 Å². The molecule has 0 radical (unpaired) electrons. The Labute approximate surface area is 157 Å². The van der Waals surface area contributed by atoms with Gasteiger partial charge < -0.3 is 5.32 Å². The van der Waals surface area contributed by atoms with Crippen molar-refractivity contribution in [1.29, 1.82) is 0 Å². The average molecular weight is 458 g/mol. The van der Waals surface area contributed by atoms with Crippen LogP contribution in [0.4, 0.5) is 10.1 Å². The fourth-order valence-corrected chi connectivity index (χ4v) is 3.50. The summed E-state index contributed by atoms with van der Waals surface area (Å²) in [6.07, 6.45) is 0. The Morgan fingerprint density at radius 1 is 1.38 bits per heavy atom. The minimum atomic E-state index is -0.491. The Balaban J connectivity index is 1.88. The standard InChI is InChI=1S/C17H14ClFIN3O/c1-23-9-12(16(20)22-23)17(24)21-15-5-3-2-4-11(15)10-6-7-13(18)14(19)8-10/h2-8,12H,9H2,1H3,(H,21,24). The molecule has 0 bridgehead atoms. The van der Waals surface area contributed by atoms with Crippen molar-refractivity contribution in [3.05, 3.63) is 53.3 Å². The summed E-state index contributed by atoms with van der Waals surface area (Å²) < 4.78 is 14.5. The number of hydrazone groups is 1. The molecule has 0 aliphatic carbocycles. The summed E-state index contributed by atoms with van der Waals surface area (Å²) in [5, 5.41) is 8.99. The Morgan fingerprint density at radius 2 is 2.12 bits per heavy atom. The van der Waals surface area contributed by atoms with Gasteiger partial charge in [-0.1, -0.05) is 35.9 Å². The maximum atomic E-state index is 13.8. The quantitative estimate of drug-likeness (QED) is 0.695. The van der Waals surface area contributed by atoms with Crippen molar-refractivity contribution >= 4 is 49.5 Å². The van der Waals surface area contributed by atoms with E-state index in [9.17, 15) is 9.18 Å². The Bertz CT molecular complexity index is 827. The van der Waals surface area contributed by atoms with Crippen molar-refractivity contribution in [2.45, 2.75) is 0 Å². The van der Waals surface area contributed by atoms with Crippen LogP contribution in [0.1, 0.15) is 0 Å². The second-order valence-electron chi connectivity index (χ2n) is 5.48. The summed E-state index contributed by atoms with van der Waals surface area (Å²) in [4.78, 5) is 12.6. The van der Waals surface area contributed by atoms with E-state index in [1.807, 2.05) is 25.2 Å². The SMILES string of the molecule is CN1CC(C(=O)Nc2ccccc2-c2ccc(Cl)c(F)c2)C(I)=N1. The lowest BCUT2D eigenvalue weighted by molar-refractivity contribution is -0.118. The van der Waals surface area contributed by atoms with Crippen molar-refractivity contribution in [2.24, 2.45) is 11.0 Å². The third-order valence-corrected chi connectivity index (χ3v) is 5.01. The normalized spacial score (nSPS) is 16.9. The molecule has 1 heterocycles. The van der Waals surface area contributed by atoms with E-state index in [1.54, 1.807) is 17.1 Å². The lowest BCUT2D eigenvalue weighted by atomic mass is 10.0. The van der Waals surface area contributed by atoms with Gasteiger partial charge in [-0.15, -0.1) is 0 Å². The van der Waals surface area contributed by atoms with E-state index in [-0.39, 0.29) is 16.8 Å². The molecule has 0 saturated carbocycles. The molecular formula is C17H14ClFIN3O. The first kappa shape index (κ1) is 17.2. The van der Waals surface area contributed by atoms with E-state index in [0.29, 0.717) is 17.8 Å². The summed E-state index contributed by atoms with van der Waals surface area (Å²) in [5.74, 6) is -0.922. The monoisotopic (exact) mass is 457 g/mol. The van der Waals surface area contributed by atoms with Crippen LogP contribution in [0.25, 0.3) is 11.1 Å². The number of carbonyl (C=O) groups excluding carboxylic acids is 1. The number of nitrogens with one attached hydrogen (secondary N) is 1. The van der Waals surface area contributed by atoms with Crippen molar-refractivity contribution in [1.82, 2.24) is 5.01 Å². The zero-order chi connectivity index (χ0) is 17.3. The molecule has 1 aliphatic heterocycles.